The van der Waals surface area contributed by atoms with Crippen LogP contribution in [0.1, 0.15) is 43.1 Å². The van der Waals surface area contributed by atoms with Gasteiger partial charge in [-0.15, -0.1) is 0 Å². The molecule has 0 amide bonds. The van der Waals surface area contributed by atoms with E-state index in [-0.39, 0.29) is 0 Å². The Labute approximate surface area is 104 Å². The lowest BCUT2D eigenvalue weighted by Crippen LogP contribution is -2.13. The second kappa shape index (κ2) is 7.45. The highest BCUT2D eigenvalue weighted by Gasteiger charge is 2.10. The molecule has 0 atom stereocenters. The van der Waals surface area contributed by atoms with Crippen molar-refractivity contribution < 1.29 is 5.11 Å². The molecule has 2 N–H and O–H groups in total. The molecule has 98 valence electrons. The molecule has 0 aliphatic rings. The molecule has 0 aromatic carbocycles. The average molecular weight is 239 g/mol. The van der Waals surface area contributed by atoms with Gasteiger partial charge in [0.2, 0.25) is 0 Å². The van der Waals surface area contributed by atoms with Gasteiger partial charge in [0.25, 0.3) is 0 Å². The molecule has 17 heavy (non-hydrogen) atoms. The van der Waals surface area contributed by atoms with E-state index in [0.29, 0.717) is 6.61 Å². The Bertz CT molecular complexity index is 334. The molecule has 0 saturated carbocycles. The molecule has 0 aliphatic heterocycles. The van der Waals surface area contributed by atoms with Gasteiger partial charge in [-0.05, 0) is 39.7 Å². The lowest BCUT2D eigenvalue weighted by atomic mass is 10.2. The van der Waals surface area contributed by atoms with Crippen LogP contribution in [0.5, 0.6) is 0 Å². The molecule has 0 saturated heterocycles. The lowest BCUT2D eigenvalue weighted by Gasteiger charge is -2.05. The zero-order valence-corrected chi connectivity index (χ0v) is 11.3. The van der Waals surface area contributed by atoms with Gasteiger partial charge in [0, 0.05) is 31.0 Å². The van der Waals surface area contributed by atoms with Gasteiger partial charge >= 0.3 is 0 Å². The van der Waals surface area contributed by atoms with E-state index in [1.165, 1.54) is 11.3 Å². The highest BCUT2D eigenvalue weighted by molar-refractivity contribution is 5.24. The van der Waals surface area contributed by atoms with E-state index in [4.69, 9.17) is 5.11 Å². The second-order valence-electron chi connectivity index (χ2n) is 4.44. The summed E-state index contributed by atoms with van der Waals surface area (Å²) in [6.07, 6.45) is 3.05. The Morgan fingerprint density at radius 1 is 1.24 bits per heavy atom. The summed E-state index contributed by atoms with van der Waals surface area (Å²) in [5.74, 6) is 0. The van der Waals surface area contributed by atoms with Crippen molar-refractivity contribution in [3.63, 3.8) is 0 Å². The summed E-state index contributed by atoms with van der Waals surface area (Å²) in [5.41, 5.74) is 3.73. The molecule has 0 bridgehead atoms. The number of aromatic nitrogens is 2. The van der Waals surface area contributed by atoms with Gasteiger partial charge in [0.1, 0.15) is 0 Å². The number of aliphatic hydroxyl groups is 1. The highest BCUT2D eigenvalue weighted by atomic mass is 16.2. The second-order valence-corrected chi connectivity index (χ2v) is 4.44. The van der Waals surface area contributed by atoms with Crippen LogP contribution < -0.4 is 5.32 Å². The van der Waals surface area contributed by atoms with Crippen molar-refractivity contribution in [3.8, 4) is 0 Å². The summed E-state index contributed by atoms with van der Waals surface area (Å²) in [5, 5.41) is 16.7. The zero-order valence-electron chi connectivity index (χ0n) is 11.3. The van der Waals surface area contributed by atoms with Gasteiger partial charge in [-0.1, -0.05) is 6.92 Å². The van der Waals surface area contributed by atoms with Crippen molar-refractivity contribution in [2.24, 2.45) is 0 Å². The van der Waals surface area contributed by atoms with Crippen LogP contribution in [0.15, 0.2) is 0 Å². The molecule has 0 spiro atoms. The number of unbranched alkanes of at least 4 members (excludes halogenated alkanes) is 2. The van der Waals surface area contributed by atoms with Gasteiger partial charge < -0.3 is 10.4 Å². The van der Waals surface area contributed by atoms with Crippen molar-refractivity contribution in [1.82, 2.24) is 15.1 Å². The van der Waals surface area contributed by atoms with Crippen molar-refractivity contribution in [3.05, 3.63) is 17.0 Å². The quantitative estimate of drug-likeness (QED) is 0.680. The SMILES string of the molecule is CCNCc1c(C)nn(CCCCCO)c1C. The first-order valence-corrected chi connectivity index (χ1v) is 6.55. The zero-order chi connectivity index (χ0) is 12.7. The molecule has 1 rings (SSSR count). The summed E-state index contributed by atoms with van der Waals surface area (Å²) in [7, 11) is 0. The summed E-state index contributed by atoms with van der Waals surface area (Å²) < 4.78 is 2.10. The van der Waals surface area contributed by atoms with Gasteiger partial charge in [0.05, 0.1) is 5.69 Å². The fourth-order valence-corrected chi connectivity index (χ4v) is 2.01. The monoisotopic (exact) mass is 239 g/mol. The topological polar surface area (TPSA) is 50.1 Å². The molecule has 0 radical (unpaired) electrons. The minimum atomic E-state index is 0.294. The van der Waals surface area contributed by atoms with Crippen molar-refractivity contribution in [2.75, 3.05) is 13.2 Å². The maximum Gasteiger partial charge on any atom is 0.0641 e. The van der Waals surface area contributed by atoms with E-state index in [9.17, 15) is 0 Å². The fraction of sp³-hybridized carbons (Fsp3) is 0.769. The van der Waals surface area contributed by atoms with Gasteiger partial charge in [-0.2, -0.15) is 5.10 Å². The van der Waals surface area contributed by atoms with Crippen molar-refractivity contribution in [2.45, 2.75) is 53.1 Å². The normalized spacial score (nSPS) is 11.1. The lowest BCUT2D eigenvalue weighted by molar-refractivity contribution is 0.281. The fourth-order valence-electron chi connectivity index (χ4n) is 2.01. The van der Waals surface area contributed by atoms with E-state index < -0.39 is 0 Å². The minimum Gasteiger partial charge on any atom is -0.396 e. The number of nitrogens with one attached hydrogen (secondary N) is 1. The molecule has 1 heterocycles. The third-order valence-corrected chi connectivity index (χ3v) is 3.11. The van der Waals surface area contributed by atoms with Crippen LogP contribution in [0.25, 0.3) is 0 Å². The smallest absolute Gasteiger partial charge is 0.0641 e. The molecule has 1 aromatic heterocycles. The third kappa shape index (κ3) is 4.13. The predicted molar refractivity (Wildman–Crippen MR) is 70.0 cm³/mol. The number of aryl methyl sites for hydroxylation is 2. The summed E-state index contributed by atoms with van der Waals surface area (Å²) >= 11 is 0. The van der Waals surface area contributed by atoms with Crippen LogP contribution in [-0.2, 0) is 13.1 Å². The summed E-state index contributed by atoms with van der Waals surface area (Å²) in [6, 6.07) is 0. The number of nitrogens with zero attached hydrogens (tertiary/aromatic N) is 2. The summed E-state index contributed by atoms with van der Waals surface area (Å²) in [6.45, 7) is 9.47. The van der Waals surface area contributed by atoms with Crippen LogP contribution in [0.2, 0.25) is 0 Å². The van der Waals surface area contributed by atoms with E-state index in [1.807, 2.05) is 0 Å². The van der Waals surface area contributed by atoms with Crippen LogP contribution in [0.3, 0.4) is 0 Å². The van der Waals surface area contributed by atoms with Crippen LogP contribution >= 0.6 is 0 Å². The number of hydrogen-bond donors (Lipinski definition) is 2. The molecular formula is C13H25N3O. The van der Waals surface area contributed by atoms with Crippen LogP contribution in [0.4, 0.5) is 0 Å². The highest BCUT2D eigenvalue weighted by Crippen LogP contribution is 2.13. The first-order chi connectivity index (χ1) is 8.20. The van der Waals surface area contributed by atoms with Gasteiger partial charge in [0.15, 0.2) is 0 Å². The average Bonchev–Trinajstić information content (AvgIpc) is 2.58. The Balaban J connectivity index is 2.55. The molecule has 4 nitrogen and oxygen atoms in total. The minimum absolute atomic E-state index is 0.294. The standard InChI is InChI=1S/C13H25N3O/c1-4-14-10-13-11(2)15-16(12(13)3)8-6-5-7-9-17/h14,17H,4-10H2,1-3H3. The van der Waals surface area contributed by atoms with E-state index in [2.05, 4.69) is 35.9 Å². The molecular weight excluding hydrogens is 214 g/mol. The van der Waals surface area contributed by atoms with Crippen LogP contribution in [0, 0.1) is 13.8 Å². The van der Waals surface area contributed by atoms with Crippen molar-refractivity contribution >= 4 is 0 Å². The first kappa shape index (κ1) is 14.2. The summed E-state index contributed by atoms with van der Waals surface area (Å²) in [4.78, 5) is 0. The number of aliphatic hydroxyl groups excluding tert-OH is 1. The molecule has 0 unspecified atom stereocenters. The van der Waals surface area contributed by atoms with Gasteiger partial charge in [-0.3, -0.25) is 4.68 Å². The third-order valence-electron chi connectivity index (χ3n) is 3.11. The molecule has 0 fully saturated rings. The first-order valence-electron chi connectivity index (χ1n) is 6.55. The molecule has 1 aromatic rings. The van der Waals surface area contributed by atoms with Gasteiger partial charge in [-0.25, -0.2) is 0 Å². The molecule has 0 aliphatic carbocycles. The number of hydrogen-bond acceptors (Lipinski definition) is 3. The molecule has 4 heteroatoms. The maximum absolute atomic E-state index is 8.73. The Hall–Kier alpha value is -0.870. The largest absolute Gasteiger partial charge is 0.396 e. The Morgan fingerprint density at radius 2 is 2.00 bits per heavy atom. The number of rotatable bonds is 8. The van der Waals surface area contributed by atoms with E-state index in [1.54, 1.807) is 0 Å². The van der Waals surface area contributed by atoms with E-state index in [0.717, 1.165) is 44.6 Å². The Morgan fingerprint density at radius 3 is 2.65 bits per heavy atom. The van der Waals surface area contributed by atoms with Crippen LogP contribution in [-0.4, -0.2) is 28.0 Å². The predicted octanol–water partition coefficient (Wildman–Crippen LogP) is 1.77. The Kier molecular flexibility index (Phi) is 6.22. The van der Waals surface area contributed by atoms with Crippen molar-refractivity contribution in [1.29, 1.82) is 0 Å². The van der Waals surface area contributed by atoms with E-state index >= 15 is 0 Å². The maximum atomic E-state index is 8.73.